The molecule has 0 bridgehead atoms. The number of amides is 3. The topological polar surface area (TPSA) is 228 Å². The number of aliphatic carboxylic acids is 1. The lowest BCUT2D eigenvalue weighted by Gasteiger charge is -2.35. The van der Waals surface area contributed by atoms with Crippen molar-refractivity contribution in [3.05, 3.63) is 30.0 Å². The fraction of sp³-hybridized carbons (Fsp3) is 0.316. The van der Waals surface area contributed by atoms with Gasteiger partial charge in [0.1, 0.15) is 22.4 Å². The van der Waals surface area contributed by atoms with Crippen molar-refractivity contribution >= 4 is 33.7 Å². The highest BCUT2D eigenvalue weighted by Gasteiger charge is 2.70. The van der Waals surface area contributed by atoms with E-state index in [0.29, 0.717) is 4.90 Å². The zero-order valence-corrected chi connectivity index (χ0v) is 18.6. The molecule has 0 saturated carbocycles. The maximum atomic E-state index is 12.8. The molecule has 15 nitrogen and oxygen atoms in total. The smallest absolute Gasteiger partial charge is 0.504 e. The number of carbonyl (C=O) groups excluding carboxylic acids is 3. The van der Waals surface area contributed by atoms with Crippen LogP contribution < -0.4 is 0 Å². The third-order valence-electron chi connectivity index (χ3n) is 5.93. The van der Waals surface area contributed by atoms with Gasteiger partial charge in [0, 0.05) is 11.6 Å². The maximum absolute atomic E-state index is 12.8. The second-order valence-electron chi connectivity index (χ2n) is 8.00. The first kappa shape index (κ1) is 23.8. The lowest BCUT2D eigenvalue weighted by atomic mass is 9.97. The molecule has 16 heteroatoms. The summed E-state index contributed by atoms with van der Waals surface area (Å²) in [7, 11) is -4.27. The minimum absolute atomic E-state index is 0.00911. The molecule has 0 radical (unpaired) electrons. The first-order valence-corrected chi connectivity index (χ1v) is 11.3. The molecule has 3 heterocycles. The summed E-state index contributed by atoms with van der Waals surface area (Å²) < 4.78 is 32.7. The van der Waals surface area contributed by atoms with Gasteiger partial charge in [0.05, 0.1) is 11.1 Å². The van der Waals surface area contributed by atoms with Gasteiger partial charge in [0.15, 0.2) is 27.4 Å². The molecule has 4 N–H and O–H groups in total. The van der Waals surface area contributed by atoms with Crippen LogP contribution in [0.3, 0.4) is 0 Å². The number of aromatic hydroxyl groups is 2. The third-order valence-corrected chi connectivity index (χ3v) is 8.68. The number of phenolic OH excluding ortho intramolecular Hbond substituents is 2. The molecule has 4 rings (SSSR count). The highest BCUT2D eigenvalue weighted by molar-refractivity contribution is 7.94. The van der Waals surface area contributed by atoms with E-state index in [4.69, 9.17) is 14.8 Å². The van der Waals surface area contributed by atoms with Crippen molar-refractivity contribution in [1.82, 2.24) is 10.1 Å². The van der Waals surface area contributed by atoms with E-state index in [1.54, 1.807) is 0 Å². The van der Waals surface area contributed by atoms with Crippen molar-refractivity contribution in [1.29, 1.82) is 5.53 Å². The Morgan fingerprint density at radius 1 is 1.34 bits per heavy atom. The van der Waals surface area contributed by atoms with E-state index in [1.165, 1.54) is 18.2 Å². The van der Waals surface area contributed by atoms with Gasteiger partial charge in [-0.05, 0) is 24.6 Å². The fourth-order valence-electron chi connectivity index (χ4n) is 3.98. The van der Waals surface area contributed by atoms with Gasteiger partial charge in [-0.25, -0.2) is 18.0 Å². The van der Waals surface area contributed by atoms with Crippen molar-refractivity contribution in [3.8, 4) is 22.8 Å². The molecule has 3 amide bonds. The summed E-state index contributed by atoms with van der Waals surface area (Å²) in [6, 6.07) is 3.08. The molecule has 2 aliphatic heterocycles. The van der Waals surface area contributed by atoms with Gasteiger partial charge in [-0.2, -0.15) is 4.79 Å². The van der Waals surface area contributed by atoms with E-state index in [1.807, 2.05) is 0 Å². The van der Waals surface area contributed by atoms with E-state index in [-0.39, 0.29) is 16.0 Å². The molecule has 35 heavy (non-hydrogen) atoms. The van der Waals surface area contributed by atoms with Crippen LogP contribution in [0.5, 0.6) is 11.5 Å². The van der Waals surface area contributed by atoms with Gasteiger partial charge < -0.3 is 29.5 Å². The molecular formula is C19H17N4O11S+. The number of hydrogen-bond donors (Lipinski definition) is 4. The van der Waals surface area contributed by atoms with Crippen molar-refractivity contribution in [3.63, 3.8) is 0 Å². The van der Waals surface area contributed by atoms with Gasteiger partial charge in [-0.15, -0.1) is 0 Å². The van der Waals surface area contributed by atoms with Crippen molar-refractivity contribution < 1.29 is 56.9 Å². The molecule has 1 aromatic carbocycles. The number of hydrogen-bond acceptors (Lipinski definition) is 12. The number of fused-ring (bicyclic) bond motifs is 1. The molecule has 2 aliphatic rings. The van der Waals surface area contributed by atoms with Gasteiger partial charge >= 0.3 is 18.0 Å². The number of rotatable bonds is 5. The van der Waals surface area contributed by atoms with Gasteiger partial charge in [0.2, 0.25) is 5.91 Å². The zero-order valence-electron chi connectivity index (χ0n) is 17.7. The number of carboxylic acid groups (broad SMARTS) is 1. The molecule has 1 aromatic heterocycles. The number of nitrogens with one attached hydrogen (secondary N) is 1. The Balaban J connectivity index is 1.50. The van der Waals surface area contributed by atoms with E-state index in [0.717, 1.165) is 13.0 Å². The summed E-state index contributed by atoms with van der Waals surface area (Å²) >= 11 is 0. The van der Waals surface area contributed by atoms with Gasteiger partial charge in [-0.1, -0.05) is 11.2 Å². The highest BCUT2D eigenvalue weighted by Crippen LogP contribution is 2.46. The summed E-state index contributed by atoms with van der Waals surface area (Å²) in [6.45, 7) is -0.0481. The van der Waals surface area contributed by atoms with Crippen LogP contribution in [0.1, 0.15) is 23.9 Å². The number of nitrogens with zero attached hydrogens (tertiary/aromatic N) is 3. The predicted molar refractivity (Wildman–Crippen MR) is 108 cm³/mol. The highest BCUT2D eigenvalue weighted by atomic mass is 32.2. The molecular weight excluding hydrogens is 492 g/mol. The molecule has 2 fully saturated rings. The predicted octanol–water partition coefficient (Wildman–Crippen LogP) is 0.272. The Morgan fingerprint density at radius 3 is 2.66 bits per heavy atom. The number of para-hydroxylation sites is 1. The van der Waals surface area contributed by atoms with Crippen LogP contribution in [0.25, 0.3) is 11.3 Å². The summed E-state index contributed by atoms with van der Waals surface area (Å²) in [5.74, 6) is -5.33. The number of benzene rings is 1. The minimum Gasteiger partial charge on any atom is -0.504 e. The lowest BCUT2D eigenvalue weighted by molar-refractivity contribution is -0.444. The number of imide groups is 1. The van der Waals surface area contributed by atoms with Gasteiger partial charge in [-0.3, -0.25) is 4.79 Å². The second-order valence-corrected chi connectivity index (χ2v) is 10.6. The van der Waals surface area contributed by atoms with E-state index in [2.05, 4.69) is 5.16 Å². The normalized spacial score (nSPS) is 24.4. The Kier molecular flexibility index (Phi) is 5.35. The molecule has 184 valence electrons. The van der Waals surface area contributed by atoms with E-state index < -0.39 is 80.2 Å². The Labute approximate surface area is 195 Å². The van der Waals surface area contributed by atoms with Crippen LogP contribution >= 0.6 is 0 Å². The van der Waals surface area contributed by atoms with Crippen molar-refractivity contribution in [2.45, 2.75) is 29.5 Å². The zero-order chi connectivity index (χ0) is 25.9. The molecule has 0 unspecified atom stereocenters. The number of aromatic nitrogens is 1. The SMILES string of the molecule is C[C@]1(COC(=O)[N+](=N)C(=O)c2cc(-c3cccc(O)c3O)no2)[C@H](C(=O)O)N2C(=O)C[C@H]2S1(=O)=O. The average Bonchev–Trinajstić information content (AvgIpc) is 3.33. The summed E-state index contributed by atoms with van der Waals surface area (Å²) in [6.07, 6.45) is -2.05. The quantitative estimate of drug-likeness (QED) is 0.184. The third kappa shape index (κ3) is 3.40. The molecule has 0 aliphatic carbocycles. The van der Waals surface area contributed by atoms with Crippen LogP contribution in [0, 0.1) is 5.53 Å². The monoisotopic (exact) mass is 509 g/mol. The van der Waals surface area contributed by atoms with Gasteiger partial charge in [0.25, 0.3) is 5.76 Å². The second kappa shape index (κ2) is 7.86. The fourth-order valence-corrected chi connectivity index (χ4v) is 6.25. The first-order valence-electron chi connectivity index (χ1n) is 9.79. The Morgan fingerprint density at radius 2 is 2.03 bits per heavy atom. The van der Waals surface area contributed by atoms with Crippen LogP contribution in [0.2, 0.25) is 0 Å². The minimum atomic E-state index is -4.27. The van der Waals surface area contributed by atoms with Crippen LogP contribution in [-0.4, -0.2) is 85.1 Å². The van der Waals surface area contributed by atoms with E-state index in [9.17, 15) is 42.9 Å². The van der Waals surface area contributed by atoms with Crippen molar-refractivity contribution in [2.75, 3.05) is 6.61 Å². The standard InChI is InChI=1S/C19H16N4O11S/c1-19(15(17(28)29)22-12(25)6-13(22)35(19,31)32)7-33-18(30)23(20)16(27)11-5-9(21-34-11)8-3-2-4-10(24)14(8)26/h2-5,13,15H,6-7,20H2,1H3,(H,28,29)/p+1/t13-,15+,19+/m1/s1. The summed E-state index contributed by atoms with van der Waals surface area (Å²) in [5.41, 5.74) is 7.59. The van der Waals surface area contributed by atoms with Crippen molar-refractivity contribution in [2.24, 2.45) is 0 Å². The number of β-lactam (4-membered cyclic amide) rings is 1. The van der Waals surface area contributed by atoms with Crippen LogP contribution in [-0.2, 0) is 24.2 Å². The largest absolute Gasteiger partial charge is 0.631 e. The lowest BCUT2D eigenvalue weighted by Crippen LogP contribution is -2.58. The Hall–Kier alpha value is -4.34. The van der Waals surface area contributed by atoms with Crippen LogP contribution in [0.4, 0.5) is 4.79 Å². The summed E-state index contributed by atoms with van der Waals surface area (Å²) in [5, 5.41) is 31.2. The number of sulfone groups is 1. The Bertz CT molecular complexity index is 1420. The number of carboxylic acids is 1. The maximum Gasteiger partial charge on any atom is 0.631 e. The number of phenols is 2. The molecule has 2 aromatic rings. The molecule has 3 atom stereocenters. The average molecular weight is 509 g/mol. The van der Waals surface area contributed by atoms with E-state index >= 15 is 0 Å². The first-order chi connectivity index (χ1) is 16.3. The summed E-state index contributed by atoms with van der Waals surface area (Å²) in [4.78, 5) is 49.0. The number of ether oxygens (including phenoxy) is 1. The molecule has 0 spiro atoms. The molecule has 2 saturated heterocycles. The van der Waals surface area contributed by atoms with Crippen LogP contribution in [0.15, 0.2) is 28.8 Å². The number of carbonyl (C=O) groups is 4.